The summed E-state index contributed by atoms with van der Waals surface area (Å²) in [6.07, 6.45) is 8.58. The molecule has 1 fully saturated rings. The normalized spacial score (nSPS) is 24.4. The lowest BCUT2D eigenvalue weighted by Gasteiger charge is -2.31. The molecule has 98 valence electrons. The summed E-state index contributed by atoms with van der Waals surface area (Å²) in [5.41, 5.74) is 1.24. The molecule has 1 aliphatic heterocycles. The molecule has 0 spiro atoms. The van der Waals surface area contributed by atoms with Gasteiger partial charge in [0, 0.05) is 11.4 Å². The Morgan fingerprint density at radius 2 is 1.94 bits per heavy atom. The molecule has 1 atom stereocenters. The van der Waals surface area contributed by atoms with Crippen molar-refractivity contribution in [1.29, 1.82) is 0 Å². The fourth-order valence-electron chi connectivity index (χ4n) is 2.83. The first kappa shape index (κ1) is 12.3. The highest BCUT2D eigenvalue weighted by molar-refractivity contribution is 6.30. The van der Waals surface area contributed by atoms with Crippen molar-refractivity contribution in [1.82, 2.24) is 0 Å². The number of ether oxygens (including phenoxy) is 2. The topological polar surface area (TPSA) is 18.5 Å². The van der Waals surface area contributed by atoms with E-state index in [9.17, 15) is 0 Å². The summed E-state index contributed by atoms with van der Waals surface area (Å²) in [4.78, 5) is 0. The maximum atomic E-state index is 6.06. The van der Waals surface area contributed by atoms with Gasteiger partial charge >= 0.3 is 0 Å². The van der Waals surface area contributed by atoms with Crippen LogP contribution < -0.4 is 4.74 Å². The Kier molecular flexibility index (Phi) is 3.76. The molecule has 0 bridgehead atoms. The van der Waals surface area contributed by atoms with Gasteiger partial charge in [0.05, 0.1) is 6.10 Å². The molecule has 1 heterocycles. The van der Waals surface area contributed by atoms with Crippen molar-refractivity contribution in [3.8, 4) is 5.75 Å². The van der Waals surface area contributed by atoms with Gasteiger partial charge in [0.2, 0.25) is 0 Å². The van der Waals surface area contributed by atoms with Gasteiger partial charge in [0.25, 0.3) is 0 Å². The fraction of sp³-hybridized carbons (Fsp3) is 0.600. The Balaban J connectivity index is 1.63. The summed E-state index contributed by atoms with van der Waals surface area (Å²) in [5.74, 6) is 0.898. The van der Waals surface area contributed by atoms with Crippen LogP contribution in [-0.4, -0.2) is 12.4 Å². The second-order valence-corrected chi connectivity index (χ2v) is 5.67. The van der Waals surface area contributed by atoms with Crippen LogP contribution in [0.1, 0.15) is 44.1 Å². The number of hydrogen-bond donors (Lipinski definition) is 0. The molecule has 0 radical (unpaired) electrons. The summed E-state index contributed by atoms with van der Waals surface area (Å²) >= 11 is 6.00. The minimum atomic E-state index is -0.0842. The largest absolute Gasteiger partial charge is 0.465 e. The van der Waals surface area contributed by atoms with Crippen molar-refractivity contribution >= 4 is 11.6 Å². The molecule has 1 aromatic carbocycles. The predicted octanol–water partition coefficient (Wildman–Crippen LogP) is 4.34. The van der Waals surface area contributed by atoms with Crippen LogP contribution in [0, 0.1) is 0 Å². The third-order valence-corrected chi connectivity index (χ3v) is 4.07. The Morgan fingerprint density at radius 3 is 2.78 bits per heavy atom. The van der Waals surface area contributed by atoms with E-state index >= 15 is 0 Å². The molecule has 1 unspecified atom stereocenters. The van der Waals surface area contributed by atoms with Crippen LogP contribution in [0.25, 0.3) is 0 Å². The van der Waals surface area contributed by atoms with Crippen LogP contribution >= 0.6 is 11.6 Å². The van der Waals surface area contributed by atoms with E-state index < -0.39 is 0 Å². The minimum Gasteiger partial charge on any atom is -0.465 e. The summed E-state index contributed by atoms with van der Waals surface area (Å²) in [6.45, 7) is 0. The monoisotopic (exact) mass is 266 g/mol. The van der Waals surface area contributed by atoms with E-state index in [0.717, 1.165) is 23.6 Å². The van der Waals surface area contributed by atoms with Crippen LogP contribution in [0.15, 0.2) is 18.2 Å². The molecule has 18 heavy (non-hydrogen) atoms. The van der Waals surface area contributed by atoms with Crippen LogP contribution in [0.3, 0.4) is 0 Å². The average Bonchev–Trinajstić information content (AvgIpc) is 2.39. The first-order valence-electron chi connectivity index (χ1n) is 6.92. The van der Waals surface area contributed by atoms with Crippen molar-refractivity contribution < 1.29 is 9.47 Å². The number of fused-ring (bicyclic) bond motifs is 1. The molecule has 0 aromatic heterocycles. The van der Waals surface area contributed by atoms with Gasteiger partial charge in [-0.2, -0.15) is 0 Å². The molecule has 1 aliphatic carbocycles. The van der Waals surface area contributed by atoms with Crippen molar-refractivity contribution in [2.75, 3.05) is 0 Å². The lowest BCUT2D eigenvalue weighted by atomic mass is 9.97. The van der Waals surface area contributed by atoms with E-state index in [0.29, 0.717) is 6.10 Å². The lowest BCUT2D eigenvalue weighted by Crippen LogP contribution is -2.31. The molecule has 0 amide bonds. The van der Waals surface area contributed by atoms with Crippen molar-refractivity contribution in [2.24, 2.45) is 0 Å². The van der Waals surface area contributed by atoms with Crippen molar-refractivity contribution in [3.63, 3.8) is 0 Å². The molecule has 1 aromatic rings. The van der Waals surface area contributed by atoms with Crippen molar-refractivity contribution in [3.05, 3.63) is 28.8 Å². The quantitative estimate of drug-likeness (QED) is 0.793. The van der Waals surface area contributed by atoms with Crippen LogP contribution in [0.2, 0.25) is 5.02 Å². The van der Waals surface area contributed by atoms with E-state index in [4.69, 9.17) is 21.1 Å². The molecule has 0 saturated heterocycles. The van der Waals surface area contributed by atoms with Crippen LogP contribution in [0.5, 0.6) is 5.75 Å². The summed E-state index contributed by atoms with van der Waals surface area (Å²) in [7, 11) is 0. The third kappa shape index (κ3) is 2.81. The highest BCUT2D eigenvalue weighted by Crippen LogP contribution is 2.32. The Labute approximate surface area is 113 Å². The second kappa shape index (κ2) is 5.50. The van der Waals surface area contributed by atoms with Gasteiger partial charge in [-0.15, -0.1) is 0 Å². The summed E-state index contributed by atoms with van der Waals surface area (Å²) in [5, 5.41) is 0.729. The van der Waals surface area contributed by atoms with Gasteiger partial charge in [-0.1, -0.05) is 36.9 Å². The summed E-state index contributed by atoms with van der Waals surface area (Å²) < 4.78 is 12.0. The second-order valence-electron chi connectivity index (χ2n) is 5.23. The van der Waals surface area contributed by atoms with Gasteiger partial charge in [0.1, 0.15) is 5.75 Å². The lowest BCUT2D eigenvalue weighted by molar-refractivity contribution is -0.136. The maximum Gasteiger partial charge on any atom is 0.200 e. The average molecular weight is 267 g/mol. The number of aryl methyl sites for hydroxylation is 1. The van der Waals surface area contributed by atoms with Gasteiger partial charge in [-0.05, 0) is 37.0 Å². The highest BCUT2D eigenvalue weighted by atomic mass is 35.5. The molecule has 3 heteroatoms. The van der Waals surface area contributed by atoms with Crippen molar-refractivity contribution in [2.45, 2.75) is 57.3 Å². The van der Waals surface area contributed by atoms with Crippen LogP contribution in [-0.2, 0) is 11.2 Å². The third-order valence-electron chi connectivity index (χ3n) is 3.83. The molecular weight excluding hydrogens is 248 g/mol. The highest BCUT2D eigenvalue weighted by Gasteiger charge is 2.24. The van der Waals surface area contributed by atoms with E-state index in [1.807, 2.05) is 12.1 Å². The van der Waals surface area contributed by atoms with Crippen LogP contribution in [0.4, 0.5) is 0 Å². The first-order valence-corrected chi connectivity index (χ1v) is 7.29. The SMILES string of the molecule is Clc1ccc2c(c1)OC(OC1CCCCC1)CC2. The Hall–Kier alpha value is -0.730. The number of hydrogen-bond acceptors (Lipinski definition) is 2. The first-order chi connectivity index (χ1) is 8.81. The van der Waals surface area contributed by atoms with E-state index in [2.05, 4.69) is 6.07 Å². The zero-order valence-electron chi connectivity index (χ0n) is 10.5. The molecule has 0 N–H and O–H groups in total. The van der Waals surface area contributed by atoms with E-state index in [1.165, 1.54) is 37.7 Å². The van der Waals surface area contributed by atoms with Gasteiger partial charge < -0.3 is 9.47 Å². The van der Waals surface area contributed by atoms with Gasteiger partial charge in [0.15, 0.2) is 6.29 Å². The number of rotatable bonds is 2. The molecule has 1 saturated carbocycles. The zero-order chi connectivity index (χ0) is 12.4. The fourth-order valence-corrected chi connectivity index (χ4v) is 2.99. The van der Waals surface area contributed by atoms with Gasteiger partial charge in [-0.25, -0.2) is 0 Å². The maximum absolute atomic E-state index is 6.06. The molecule has 3 rings (SSSR count). The standard InChI is InChI=1S/C15H19ClO2/c16-12-8-6-11-7-9-15(18-14(11)10-12)17-13-4-2-1-3-5-13/h6,8,10,13,15H,1-5,7,9H2. The van der Waals surface area contributed by atoms with Gasteiger partial charge in [-0.3, -0.25) is 0 Å². The predicted molar refractivity (Wildman–Crippen MR) is 72.1 cm³/mol. The van der Waals surface area contributed by atoms with E-state index in [1.54, 1.807) is 0 Å². The summed E-state index contributed by atoms with van der Waals surface area (Å²) in [6, 6.07) is 5.87. The minimum absolute atomic E-state index is 0.0842. The smallest absolute Gasteiger partial charge is 0.200 e. The molecule has 2 aliphatic rings. The zero-order valence-corrected chi connectivity index (χ0v) is 11.3. The number of halogens is 1. The Morgan fingerprint density at radius 1 is 1.11 bits per heavy atom. The molecule has 2 nitrogen and oxygen atoms in total. The molecular formula is C15H19ClO2. The Bertz CT molecular complexity index is 413. The number of benzene rings is 1. The van der Waals surface area contributed by atoms with E-state index in [-0.39, 0.29) is 6.29 Å².